The van der Waals surface area contributed by atoms with Gasteiger partial charge in [-0.1, -0.05) is 39.1 Å². The highest BCUT2D eigenvalue weighted by molar-refractivity contribution is 9.10. The Kier molecular flexibility index (Phi) is 3.54. The number of amidine groups is 1. The largest absolute Gasteiger partial charge is 0.342 e. The minimum absolute atomic E-state index is 0.601. The Hall–Kier alpha value is -0.250. The standard InChI is InChI=1S/C10H9BrCl2N2/c11-6-4-7(12)10(8(13)5-6)15-9-2-1-3-14-9/h4-5H,1-3H2,(H,14,15). The highest BCUT2D eigenvalue weighted by Gasteiger charge is 2.12. The molecular weight excluding hydrogens is 299 g/mol. The maximum atomic E-state index is 6.08. The van der Waals surface area contributed by atoms with Crippen molar-refractivity contribution in [1.29, 1.82) is 0 Å². The topological polar surface area (TPSA) is 24.4 Å². The average molecular weight is 308 g/mol. The smallest absolute Gasteiger partial charge is 0.101 e. The molecule has 0 fully saturated rings. The molecule has 0 spiro atoms. The van der Waals surface area contributed by atoms with E-state index < -0.39 is 0 Å². The summed E-state index contributed by atoms with van der Waals surface area (Å²) >= 11 is 15.5. The quantitative estimate of drug-likeness (QED) is 0.819. The van der Waals surface area contributed by atoms with Gasteiger partial charge in [-0.25, -0.2) is 0 Å². The lowest BCUT2D eigenvalue weighted by Crippen LogP contribution is -2.09. The van der Waals surface area contributed by atoms with Crippen LogP contribution in [0.3, 0.4) is 0 Å². The lowest BCUT2D eigenvalue weighted by molar-refractivity contribution is 0.951. The van der Waals surface area contributed by atoms with Crippen molar-refractivity contribution in [2.75, 3.05) is 11.9 Å². The van der Waals surface area contributed by atoms with Gasteiger partial charge in [-0.2, -0.15) is 0 Å². The van der Waals surface area contributed by atoms with E-state index in [0.29, 0.717) is 10.0 Å². The zero-order chi connectivity index (χ0) is 10.8. The summed E-state index contributed by atoms with van der Waals surface area (Å²) in [6, 6.07) is 3.62. The van der Waals surface area contributed by atoms with Crippen LogP contribution in [0.2, 0.25) is 10.0 Å². The van der Waals surface area contributed by atoms with Crippen molar-refractivity contribution in [3.8, 4) is 0 Å². The highest BCUT2D eigenvalue weighted by atomic mass is 79.9. The molecule has 15 heavy (non-hydrogen) atoms. The number of nitrogens with zero attached hydrogens (tertiary/aromatic N) is 1. The van der Waals surface area contributed by atoms with Gasteiger partial charge < -0.3 is 5.32 Å². The molecule has 0 amide bonds. The van der Waals surface area contributed by atoms with E-state index in [9.17, 15) is 0 Å². The molecule has 0 saturated heterocycles. The minimum atomic E-state index is 0.601. The molecule has 1 aromatic rings. The summed E-state index contributed by atoms with van der Waals surface area (Å²) in [5.41, 5.74) is 0.738. The molecule has 0 aliphatic carbocycles. The fraction of sp³-hybridized carbons (Fsp3) is 0.300. The summed E-state index contributed by atoms with van der Waals surface area (Å²) in [6.07, 6.45) is 2.05. The summed E-state index contributed by atoms with van der Waals surface area (Å²) in [5, 5.41) is 4.37. The van der Waals surface area contributed by atoms with Crippen molar-refractivity contribution >= 4 is 50.7 Å². The van der Waals surface area contributed by atoms with Crippen molar-refractivity contribution in [2.45, 2.75) is 12.8 Å². The number of halogens is 3. The number of hydrogen-bond donors (Lipinski definition) is 1. The molecule has 1 heterocycles. The molecule has 2 nitrogen and oxygen atoms in total. The number of aliphatic imine (C=N–C) groups is 1. The molecular formula is C10H9BrCl2N2. The van der Waals surface area contributed by atoms with Gasteiger partial charge in [-0.3, -0.25) is 4.99 Å². The Bertz CT molecular complexity index is 395. The van der Waals surface area contributed by atoms with E-state index in [1.807, 2.05) is 12.1 Å². The Balaban J connectivity index is 2.27. The molecule has 1 aliphatic rings. The SMILES string of the molecule is Clc1cc(Br)cc(Cl)c1NC1=NCCC1. The van der Waals surface area contributed by atoms with E-state index in [1.165, 1.54) is 0 Å². The van der Waals surface area contributed by atoms with Crippen LogP contribution < -0.4 is 5.32 Å². The van der Waals surface area contributed by atoms with Crippen LogP contribution in [-0.4, -0.2) is 12.4 Å². The first-order valence-electron chi connectivity index (χ1n) is 4.62. The van der Waals surface area contributed by atoms with Crippen LogP contribution in [0.5, 0.6) is 0 Å². The van der Waals surface area contributed by atoms with E-state index in [2.05, 4.69) is 26.2 Å². The second-order valence-corrected chi connectivity index (χ2v) is 5.03. The van der Waals surface area contributed by atoms with Crippen LogP contribution in [0.15, 0.2) is 21.6 Å². The molecule has 0 bridgehead atoms. The van der Waals surface area contributed by atoms with Crippen LogP contribution in [0.4, 0.5) is 5.69 Å². The summed E-state index contributed by atoms with van der Waals surface area (Å²) in [4.78, 5) is 4.31. The Morgan fingerprint density at radius 1 is 1.27 bits per heavy atom. The normalized spacial score (nSPS) is 15.3. The maximum Gasteiger partial charge on any atom is 0.101 e. The zero-order valence-corrected chi connectivity index (χ0v) is 11.0. The molecule has 0 saturated carbocycles. The Labute approximate surface area is 107 Å². The first-order valence-corrected chi connectivity index (χ1v) is 6.16. The molecule has 0 aromatic heterocycles. The predicted molar refractivity (Wildman–Crippen MR) is 69.3 cm³/mol. The monoisotopic (exact) mass is 306 g/mol. The Morgan fingerprint density at radius 3 is 2.47 bits per heavy atom. The van der Waals surface area contributed by atoms with E-state index in [0.717, 1.165) is 35.4 Å². The first kappa shape index (κ1) is 11.2. The summed E-state index contributed by atoms with van der Waals surface area (Å²) in [5.74, 6) is 0.959. The Morgan fingerprint density at radius 2 is 1.93 bits per heavy atom. The van der Waals surface area contributed by atoms with Crippen molar-refractivity contribution in [2.24, 2.45) is 4.99 Å². The van der Waals surface area contributed by atoms with Crippen LogP contribution in [0, 0.1) is 0 Å². The maximum absolute atomic E-state index is 6.08. The molecule has 0 atom stereocenters. The molecule has 1 aromatic carbocycles. The van der Waals surface area contributed by atoms with Gasteiger partial charge in [0, 0.05) is 17.4 Å². The van der Waals surface area contributed by atoms with Gasteiger partial charge in [0.15, 0.2) is 0 Å². The van der Waals surface area contributed by atoms with Crippen LogP contribution in [0.25, 0.3) is 0 Å². The number of nitrogens with one attached hydrogen (secondary N) is 1. The summed E-state index contributed by atoms with van der Waals surface area (Å²) < 4.78 is 0.872. The fourth-order valence-electron chi connectivity index (χ4n) is 1.45. The second-order valence-electron chi connectivity index (χ2n) is 3.30. The molecule has 0 radical (unpaired) electrons. The van der Waals surface area contributed by atoms with E-state index >= 15 is 0 Å². The zero-order valence-electron chi connectivity index (χ0n) is 7.86. The molecule has 1 aliphatic heterocycles. The van der Waals surface area contributed by atoms with Gasteiger partial charge in [0.1, 0.15) is 5.84 Å². The highest BCUT2D eigenvalue weighted by Crippen LogP contribution is 2.34. The average Bonchev–Trinajstić information content (AvgIpc) is 2.63. The molecule has 80 valence electrons. The van der Waals surface area contributed by atoms with Crippen LogP contribution in [-0.2, 0) is 0 Å². The van der Waals surface area contributed by atoms with Gasteiger partial charge in [0.25, 0.3) is 0 Å². The molecule has 5 heteroatoms. The van der Waals surface area contributed by atoms with Gasteiger partial charge in [-0.15, -0.1) is 0 Å². The lowest BCUT2D eigenvalue weighted by atomic mass is 10.3. The van der Waals surface area contributed by atoms with Crippen LogP contribution in [0.1, 0.15) is 12.8 Å². The molecule has 0 unspecified atom stereocenters. The fourth-order valence-corrected chi connectivity index (χ4v) is 2.75. The van der Waals surface area contributed by atoms with Gasteiger partial charge in [0.05, 0.1) is 15.7 Å². The number of rotatable bonds is 1. The van der Waals surface area contributed by atoms with Crippen molar-refractivity contribution in [3.63, 3.8) is 0 Å². The number of hydrogen-bond acceptors (Lipinski definition) is 2. The van der Waals surface area contributed by atoms with E-state index in [4.69, 9.17) is 23.2 Å². The number of benzene rings is 1. The lowest BCUT2D eigenvalue weighted by Gasteiger charge is -2.10. The van der Waals surface area contributed by atoms with E-state index in [1.54, 1.807) is 0 Å². The van der Waals surface area contributed by atoms with Crippen molar-refractivity contribution < 1.29 is 0 Å². The van der Waals surface area contributed by atoms with Gasteiger partial charge in [-0.05, 0) is 18.6 Å². The predicted octanol–water partition coefficient (Wildman–Crippen LogP) is 4.36. The third kappa shape index (κ3) is 2.65. The van der Waals surface area contributed by atoms with E-state index in [-0.39, 0.29) is 0 Å². The van der Waals surface area contributed by atoms with Crippen LogP contribution >= 0.6 is 39.1 Å². The molecule has 1 N–H and O–H groups in total. The summed E-state index contributed by atoms with van der Waals surface area (Å²) in [7, 11) is 0. The number of anilines is 1. The molecule has 2 rings (SSSR count). The third-order valence-corrected chi connectivity index (χ3v) is 3.20. The second kappa shape index (κ2) is 4.73. The summed E-state index contributed by atoms with van der Waals surface area (Å²) in [6.45, 7) is 0.883. The van der Waals surface area contributed by atoms with Gasteiger partial charge in [0.2, 0.25) is 0 Å². The van der Waals surface area contributed by atoms with Crippen molar-refractivity contribution in [1.82, 2.24) is 0 Å². The minimum Gasteiger partial charge on any atom is -0.342 e. The first-order chi connectivity index (χ1) is 7.16. The van der Waals surface area contributed by atoms with Gasteiger partial charge >= 0.3 is 0 Å². The van der Waals surface area contributed by atoms with Crippen molar-refractivity contribution in [3.05, 3.63) is 26.7 Å². The third-order valence-electron chi connectivity index (χ3n) is 2.15.